The molecule has 0 spiro atoms. The first kappa shape index (κ1) is 8.53. The maximum absolute atomic E-state index is 8.72. The summed E-state index contributed by atoms with van der Waals surface area (Å²) in [5.74, 6) is 0. The van der Waals surface area contributed by atoms with Crippen LogP contribution in [0.2, 0.25) is 0 Å². The van der Waals surface area contributed by atoms with Gasteiger partial charge in [0.2, 0.25) is 0 Å². The van der Waals surface area contributed by atoms with Crippen molar-refractivity contribution in [2.45, 2.75) is 13.0 Å². The molecule has 3 nitrogen and oxygen atoms in total. The van der Waals surface area contributed by atoms with Crippen molar-refractivity contribution in [2.24, 2.45) is 0 Å². The molecular formula is C10H14N2O. The molecule has 1 aromatic rings. The Morgan fingerprint density at radius 2 is 2.23 bits per heavy atom. The van der Waals surface area contributed by atoms with Crippen molar-refractivity contribution in [1.82, 2.24) is 5.43 Å². The minimum absolute atomic E-state index is 0.250. The first-order valence-corrected chi connectivity index (χ1v) is 4.61. The van der Waals surface area contributed by atoms with Crippen molar-refractivity contribution in [3.63, 3.8) is 0 Å². The molecule has 1 aliphatic heterocycles. The average Bonchev–Trinajstić information content (AvgIpc) is 2.58. The molecule has 1 heterocycles. The zero-order valence-electron chi connectivity index (χ0n) is 7.53. The van der Waals surface area contributed by atoms with Gasteiger partial charge in [0.05, 0.1) is 5.69 Å². The molecule has 1 aromatic carbocycles. The smallest absolute Gasteiger partial charge is 0.0565 e. The van der Waals surface area contributed by atoms with Gasteiger partial charge >= 0.3 is 0 Å². The van der Waals surface area contributed by atoms with Crippen LogP contribution in [0.25, 0.3) is 0 Å². The second-order valence-electron chi connectivity index (χ2n) is 3.19. The van der Waals surface area contributed by atoms with Gasteiger partial charge in [-0.1, -0.05) is 18.2 Å². The number of nitrogens with zero attached hydrogens (tertiary/aromatic N) is 1. The van der Waals surface area contributed by atoms with Crippen molar-refractivity contribution >= 4 is 5.69 Å². The fraction of sp³-hybridized carbons (Fsp3) is 0.400. The van der Waals surface area contributed by atoms with Crippen molar-refractivity contribution < 1.29 is 5.11 Å². The number of hydrazine groups is 1. The molecule has 0 bridgehead atoms. The molecule has 0 aromatic heterocycles. The van der Waals surface area contributed by atoms with Gasteiger partial charge < -0.3 is 10.1 Å². The lowest BCUT2D eigenvalue weighted by Gasteiger charge is -2.18. The third kappa shape index (κ3) is 1.66. The number of aliphatic hydroxyl groups is 1. The number of benzene rings is 1. The maximum Gasteiger partial charge on any atom is 0.0565 e. The highest BCUT2D eigenvalue weighted by Crippen LogP contribution is 2.23. The van der Waals surface area contributed by atoms with Gasteiger partial charge in [-0.15, -0.1) is 0 Å². The molecule has 3 heteroatoms. The predicted molar refractivity (Wildman–Crippen MR) is 52.3 cm³/mol. The minimum Gasteiger partial charge on any atom is -0.396 e. The monoisotopic (exact) mass is 178 g/mol. The fourth-order valence-electron chi connectivity index (χ4n) is 1.62. The van der Waals surface area contributed by atoms with Gasteiger partial charge in [-0.25, -0.2) is 5.43 Å². The summed E-state index contributed by atoms with van der Waals surface area (Å²) in [6.45, 7) is 2.02. The number of hydrogen-bond donors (Lipinski definition) is 2. The van der Waals surface area contributed by atoms with Gasteiger partial charge in [-0.05, 0) is 18.1 Å². The maximum atomic E-state index is 8.72. The highest BCUT2D eigenvalue weighted by Gasteiger charge is 2.16. The molecule has 2 rings (SSSR count). The molecule has 70 valence electrons. The van der Waals surface area contributed by atoms with Gasteiger partial charge in [0.15, 0.2) is 0 Å². The zero-order chi connectivity index (χ0) is 9.10. The lowest BCUT2D eigenvalue weighted by molar-refractivity contribution is 0.288. The zero-order valence-corrected chi connectivity index (χ0v) is 7.53. The Morgan fingerprint density at radius 3 is 3.08 bits per heavy atom. The number of rotatable bonds is 3. The summed E-state index contributed by atoms with van der Waals surface area (Å²) in [6, 6.07) is 8.32. The summed E-state index contributed by atoms with van der Waals surface area (Å²) in [5, 5.41) is 10.8. The summed E-state index contributed by atoms with van der Waals surface area (Å²) in [7, 11) is 0. The van der Waals surface area contributed by atoms with E-state index in [9.17, 15) is 0 Å². The number of para-hydroxylation sites is 1. The second kappa shape index (κ2) is 3.77. The predicted octanol–water partition coefficient (Wildman–Crippen LogP) is 0.894. The summed E-state index contributed by atoms with van der Waals surface area (Å²) in [6.07, 6.45) is 0.807. The molecule has 0 radical (unpaired) electrons. The van der Waals surface area contributed by atoms with E-state index in [4.69, 9.17) is 5.11 Å². The Labute approximate surface area is 78.0 Å². The normalized spacial score (nSPS) is 14.7. The van der Waals surface area contributed by atoms with Gasteiger partial charge in [-0.2, -0.15) is 0 Å². The van der Waals surface area contributed by atoms with E-state index in [1.54, 1.807) is 0 Å². The molecule has 13 heavy (non-hydrogen) atoms. The highest BCUT2D eigenvalue weighted by molar-refractivity contribution is 5.55. The van der Waals surface area contributed by atoms with Gasteiger partial charge in [0, 0.05) is 19.7 Å². The number of nitrogens with one attached hydrogen (secondary N) is 1. The Morgan fingerprint density at radius 1 is 1.38 bits per heavy atom. The van der Waals surface area contributed by atoms with E-state index >= 15 is 0 Å². The van der Waals surface area contributed by atoms with E-state index in [1.165, 1.54) is 11.3 Å². The fourth-order valence-corrected chi connectivity index (χ4v) is 1.62. The van der Waals surface area contributed by atoms with E-state index in [0.717, 1.165) is 19.5 Å². The molecule has 0 saturated carbocycles. The summed E-state index contributed by atoms with van der Waals surface area (Å²) < 4.78 is 0. The van der Waals surface area contributed by atoms with Crippen molar-refractivity contribution in [1.29, 1.82) is 0 Å². The number of anilines is 1. The van der Waals surface area contributed by atoms with Crippen LogP contribution in [0.1, 0.15) is 12.0 Å². The van der Waals surface area contributed by atoms with Crippen LogP contribution >= 0.6 is 0 Å². The Bertz CT molecular complexity index is 288. The first-order valence-electron chi connectivity index (χ1n) is 4.61. The molecule has 0 amide bonds. The van der Waals surface area contributed by atoms with Crippen LogP contribution in [0, 0.1) is 0 Å². The van der Waals surface area contributed by atoms with E-state index in [2.05, 4.69) is 28.6 Å². The van der Waals surface area contributed by atoms with Crippen molar-refractivity contribution in [3.8, 4) is 0 Å². The average molecular weight is 178 g/mol. The molecule has 2 N–H and O–H groups in total. The van der Waals surface area contributed by atoms with Crippen LogP contribution in [0.4, 0.5) is 5.69 Å². The van der Waals surface area contributed by atoms with Crippen LogP contribution < -0.4 is 10.4 Å². The molecule has 0 unspecified atom stereocenters. The SMILES string of the molecule is OCCCN1NCc2ccccc21. The lowest BCUT2D eigenvalue weighted by atomic mass is 10.2. The molecular weight excluding hydrogens is 164 g/mol. The number of aliphatic hydroxyl groups excluding tert-OH is 1. The van der Waals surface area contributed by atoms with E-state index in [1.807, 2.05) is 6.07 Å². The number of hydrogen-bond acceptors (Lipinski definition) is 3. The van der Waals surface area contributed by atoms with Crippen molar-refractivity contribution in [2.75, 3.05) is 18.2 Å². The molecule has 0 saturated heterocycles. The topological polar surface area (TPSA) is 35.5 Å². The molecule has 1 aliphatic rings. The van der Waals surface area contributed by atoms with Crippen LogP contribution in [-0.4, -0.2) is 18.3 Å². The lowest BCUT2D eigenvalue weighted by Crippen LogP contribution is -2.33. The van der Waals surface area contributed by atoms with E-state index in [-0.39, 0.29) is 6.61 Å². The minimum atomic E-state index is 0.250. The quantitative estimate of drug-likeness (QED) is 0.721. The third-order valence-electron chi connectivity index (χ3n) is 2.28. The standard InChI is InChI=1S/C10H14N2O/c13-7-3-6-12-10-5-2-1-4-9(10)8-11-12/h1-2,4-5,11,13H,3,6-8H2. The van der Waals surface area contributed by atoms with Gasteiger partial charge in [-0.3, -0.25) is 0 Å². The molecule has 0 atom stereocenters. The first-order chi connectivity index (χ1) is 6.42. The summed E-state index contributed by atoms with van der Waals surface area (Å²) >= 11 is 0. The second-order valence-corrected chi connectivity index (χ2v) is 3.19. The Kier molecular flexibility index (Phi) is 2.47. The summed E-state index contributed by atoms with van der Waals surface area (Å²) in [4.78, 5) is 0. The molecule has 0 aliphatic carbocycles. The number of fused-ring (bicyclic) bond motifs is 1. The highest BCUT2D eigenvalue weighted by atomic mass is 16.3. The molecule has 0 fully saturated rings. The van der Waals surface area contributed by atoms with Crippen LogP contribution in [0.15, 0.2) is 24.3 Å². The van der Waals surface area contributed by atoms with Gasteiger partial charge in [0.25, 0.3) is 0 Å². The van der Waals surface area contributed by atoms with E-state index in [0.29, 0.717) is 0 Å². The van der Waals surface area contributed by atoms with Crippen LogP contribution in [0.3, 0.4) is 0 Å². The van der Waals surface area contributed by atoms with Gasteiger partial charge in [0.1, 0.15) is 0 Å². The Balaban J connectivity index is 2.09. The largest absolute Gasteiger partial charge is 0.396 e. The Hall–Kier alpha value is -1.06. The van der Waals surface area contributed by atoms with Crippen LogP contribution in [0.5, 0.6) is 0 Å². The van der Waals surface area contributed by atoms with E-state index < -0.39 is 0 Å². The third-order valence-corrected chi connectivity index (χ3v) is 2.28. The summed E-state index contributed by atoms with van der Waals surface area (Å²) in [5.41, 5.74) is 5.86. The van der Waals surface area contributed by atoms with Crippen LogP contribution in [-0.2, 0) is 6.54 Å². The van der Waals surface area contributed by atoms with Crippen molar-refractivity contribution in [3.05, 3.63) is 29.8 Å².